The predicted octanol–water partition coefficient (Wildman–Crippen LogP) is 4.42. The average molecular weight is 357 g/mol. The number of carbonyl (C=O) groups is 1. The lowest BCUT2D eigenvalue weighted by Crippen LogP contribution is -2.39. The SMILES string of the molecule is COc1ccccc1CNC(=O)C(C)(C)c1c[nH]c2cc(Cl)ccc12. The van der Waals surface area contributed by atoms with Crippen molar-refractivity contribution in [1.82, 2.24) is 10.3 Å². The number of methoxy groups -OCH3 is 1. The van der Waals surface area contributed by atoms with Crippen LogP contribution in [0.1, 0.15) is 25.0 Å². The Morgan fingerprint density at radius 3 is 2.76 bits per heavy atom. The van der Waals surface area contributed by atoms with Gasteiger partial charge in [-0.15, -0.1) is 0 Å². The van der Waals surface area contributed by atoms with Crippen LogP contribution in [0.25, 0.3) is 10.9 Å². The number of halogens is 1. The molecule has 0 aliphatic rings. The molecule has 0 saturated carbocycles. The lowest BCUT2D eigenvalue weighted by atomic mass is 9.83. The first-order valence-corrected chi connectivity index (χ1v) is 8.48. The molecule has 2 N–H and O–H groups in total. The molecule has 0 unspecified atom stereocenters. The van der Waals surface area contributed by atoms with Gasteiger partial charge in [-0.05, 0) is 37.6 Å². The van der Waals surface area contributed by atoms with E-state index in [2.05, 4.69) is 10.3 Å². The highest BCUT2D eigenvalue weighted by atomic mass is 35.5. The highest BCUT2D eigenvalue weighted by Crippen LogP contribution is 2.32. The summed E-state index contributed by atoms with van der Waals surface area (Å²) in [6.45, 7) is 4.25. The average Bonchev–Trinajstić information content (AvgIpc) is 3.03. The van der Waals surface area contributed by atoms with E-state index in [0.717, 1.165) is 27.8 Å². The molecule has 3 rings (SSSR count). The van der Waals surface area contributed by atoms with Crippen LogP contribution in [0, 0.1) is 0 Å². The van der Waals surface area contributed by atoms with E-state index in [9.17, 15) is 4.79 Å². The summed E-state index contributed by atoms with van der Waals surface area (Å²) < 4.78 is 5.34. The van der Waals surface area contributed by atoms with Gasteiger partial charge < -0.3 is 15.0 Å². The number of hydrogen-bond acceptors (Lipinski definition) is 2. The van der Waals surface area contributed by atoms with Crippen LogP contribution >= 0.6 is 11.6 Å². The summed E-state index contributed by atoms with van der Waals surface area (Å²) in [5, 5.41) is 4.69. The summed E-state index contributed by atoms with van der Waals surface area (Å²) in [6, 6.07) is 13.3. The maximum Gasteiger partial charge on any atom is 0.230 e. The Balaban J connectivity index is 1.82. The molecule has 1 amide bonds. The molecule has 0 spiro atoms. The van der Waals surface area contributed by atoms with Crippen LogP contribution in [0.15, 0.2) is 48.7 Å². The van der Waals surface area contributed by atoms with Crippen LogP contribution in [-0.4, -0.2) is 18.0 Å². The topological polar surface area (TPSA) is 54.1 Å². The first-order valence-electron chi connectivity index (χ1n) is 8.11. The van der Waals surface area contributed by atoms with Crippen molar-refractivity contribution in [2.45, 2.75) is 25.8 Å². The van der Waals surface area contributed by atoms with E-state index >= 15 is 0 Å². The maximum absolute atomic E-state index is 12.9. The van der Waals surface area contributed by atoms with Crippen molar-refractivity contribution in [1.29, 1.82) is 0 Å². The molecule has 130 valence electrons. The summed E-state index contributed by atoms with van der Waals surface area (Å²) in [7, 11) is 1.63. The number of carbonyl (C=O) groups excluding carboxylic acids is 1. The molecule has 3 aromatic rings. The summed E-state index contributed by atoms with van der Waals surface area (Å²) in [5.41, 5.74) is 2.12. The van der Waals surface area contributed by atoms with Gasteiger partial charge in [0, 0.05) is 34.2 Å². The lowest BCUT2D eigenvalue weighted by molar-refractivity contribution is -0.125. The molecule has 0 aliphatic heterocycles. The Bertz CT molecular complexity index is 915. The maximum atomic E-state index is 12.9. The molecule has 0 aliphatic carbocycles. The van der Waals surface area contributed by atoms with Crippen molar-refractivity contribution < 1.29 is 9.53 Å². The fourth-order valence-corrected chi connectivity index (χ4v) is 3.16. The van der Waals surface area contributed by atoms with E-state index in [0.29, 0.717) is 11.6 Å². The smallest absolute Gasteiger partial charge is 0.230 e. The van der Waals surface area contributed by atoms with Gasteiger partial charge in [-0.25, -0.2) is 0 Å². The van der Waals surface area contributed by atoms with Crippen molar-refractivity contribution in [3.8, 4) is 5.75 Å². The van der Waals surface area contributed by atoms with Gasteiger partial charge in [-0.2, -0.15) is 0 Å². The standard InChI is InChI=1S/C20H21ClN2O2/c1-20(2,16-12-22-17-10-14(21)8-9-15(16)17)19(24)23-11-13-6-4-5-7-18(13)25-3/h4-10,12,22H,11H2,1-3H3,(H,23,24). The summed E-state index contributed by atoms with van der Waals surface area (Å²) >= 11 is 6.04. The zero-order valence-electron chi connectivity index (χ0n) is 14.5. The van der Waals surface area contributed by atoms with E-state index in [4.69, 9.17) is 16.3 Å². The molecule has 0 fully saturated rings. The lowest BCUT2D eigenvalue weighted by Gasteiger charge is -2.24. The normalized spacial score (nSPS) is 11.5. The van der Waals surface area contributed by atoms with Crippen LogP contribution in [0.2, 0.25) is 5.02 Å². The van der Waals surface area contributed by atoms with Gasteiger partial charge >= 0.3 is 0 Å². The molecule has 0 atom stereocenters. The van der Waals surface area contributed by atoms with Gasteiger partial charge in [0.25, 0.3) is 0 Å². The van der Waals surface area contributed by atoms with Crippen LogP contribution in [0.3, 0.4) is 0 Å². The number of hydrogen-bond donors (Lipinski definition) is 2. The molecule has 1 heterocycles. The minimum Gasteiger partial charge on any atom is -0.496 e. The van der Waals surface area contributed by atoms with E-state index in [1.165, 1.54) is 0 Å². The van der Waals surface area contributed by atoms with Crippen molar-refractivity contribution in [2.24, 2.45) is 0 Å². The van der Waals surface area contributed by atoms with Crippen molar-refractivity contribution in [3.63, 3.8) is 0 Å². The molecule has 2 aromatic carbocycles. The number of fused-ring (bicyclic) bond motifs is 1. The fraction of sp³-hybridized carbons (Fsp3) is 0.250. The number of aromatic nitrogens is 1. The second-order valence-electron chi connectivity index (χ2n) is 6.51. The molecule has 4 nitrogen and oxygen atoms in total. The monoisotopic (exact) mass is 356 g/mol. The number of amides is 1. The highest BCUT2D eigenvalue weighted by Gasteiger charge is 2.32. The zero-order valence-corrected chi connectivity index (χ0v) is 15.3. The van der Waals surface area contributed by atoms with E-state index in [-0.39, 0.29) is 5.91 Å². The first kappa shape index (κ1) is 17.4. The molecule has 0 saturated heterocycles. The van der Waals surface area contributed by atoms with Crippen LogP contribution < -0.4 is 10.1 Å². The van der Waals surface area contributed by atoms with Crippen LogP contribution in [0.4, 0.5) is 0 Å². The summed E-state index contributed by atoms with van der Waals surface area (Å²) in [5.74, 6) is 0.719. The second kappa shape index (κ2) is 6.81. The number of ether oxygens (including phenoxy) is 1. The third kappa shape index (κ3) is 3.35. The largest absolute Gasteiger partial charge is 0.496 e. The van der Waals surface area contributed by atoms with Gasteiger partial charge in [0.15, 0.2) is 0 Å². The minimum absolute atomic E-state index is 0.0470. The molecule has 0 bridgehead atoms. The van der Waals surface area contributed by atoms with Gasteiger partial charge in [0.2, 0.25) is 5.91 Å². The molecular weight excluding hydrogens is 336 g/mol. The Morgan fingerprint density at radius 1 is 1.24 bits per heavy atom. The van der Waals surface area contributed by atoms with Crippen molar-refractivity contribution >= 4 is 28.4 Å². The molecule has 1 aromatic heterocycles. The quantitative estimate of drug-likeness (QED) is 0.710. The molecular formula is C20H21ClN2O2. The number of aromatic amines is 1. The van der Waals surface area contributed by atoms with Crippen LogP contribution in [-0.2, 0) is 16.8 Å². The summed E-state index contributed by atoms with van der Waals surface area (Å²) in [4.78, 5) is 16.1. The van der Waals surface area contributed by atoms with Gasteiger partial charge in [0.05, 0.1) is 12.5 Å². The molecule has 5 heteroatoms. The Kier molecular flexibility index (Phi) is 4.73. The highest BCUT2D eigenvalue weighted by molar-refractivity contribution is 6.31. The van der Waals surface area contributed by atoms with Gasteiger partial charge in [-0.1, -0.05) is 35.9 Å². The third-order valence-corrected chi connectivity index (χ3v) is 4.75. The first-order chi connectivity index (χ1) is 11.9. The number of H-pyrrole nitrogens is 1. The predicted molar refractivity (Wildman–Crippen MR) is 101 cm³/mol. The van der Waals surface area contributed by atoms with Crippen LogP contribution in [0.5, 0.6) is 5.75 Å². The van der Waals surface area contributed by atoms with Gasteiger partial charge in [-0.3, -0.25) is 4.79 Å². The second-order valence-corrected chi connectivity index (χ2v) is 6.95. The Hall–Kier alpha value is -2.46. The Morgan fingerprint density at radius 2 is 2.00 bits per heavy atom. The van der Waals surface area contributed by atoms with E-state index in [1.807, 2.05) is 62.5 Å². The number of rotatable bonds is 5. The Labute approximate surface area is 152 Å². The number of para-hydroxylation sites is 1. The third-order valence-electron chi connectivity index (χ3n) is 4.52. The van der Waals surface area contributed by atoms with E-state index in [1.54, 1.807) is 7.11 Å². The molecule has 0 radical (unpaired) electrons. The minimum atomic E-state index is -0.686. The zero-order chi connectivity index (χ0) is 18.0. The fourth-order valence-electron chi connectivity index (χ4n) is 2.98. The number of nitrogens with one attached hydrogen (secondary N) is 2. The van der Waals surface area contributed by atoms with E-state index < -0.39 is 5.41 Å². The molecule has 25 heavy (non-hydrogen) atoms. The van der Waals surface area contributed by atoms with Gasteiger partial charge in [0.1, 0.15) is 5.75 Å². The number of benzene rings is 2. The van der Waals surface area contributed by atoms with Crippen molar-refractivity contribution in [3.05, 3.63) is 64.8 Å². The van der Waals surface area contributed by atoms with Crippen molar-refractivity contribution in [2.75, 3.05) is 7.11 Å². The summed E-state index contributed by atoms with van der Waals surface area (Å²) in [6.07, 6.45) is 1.88.